The van der Waals surface area contributed by atoms with Crippen LogP contribution in [0.1, 0.15) is 0 Å². The molecule has 1 heterocycles. The Morgan fingerprint density at radius 3 is 2.69 bits per heavy atom. The lowest BCUT2D eigenvalue weighted by Crippen LogP contribution is -1.87. The van der Waals surface area contributed by atoms with Gasteiger partial charge in [0, 0.05) is 15.0 Å². The van der Waals surface area contributed by atoms with E-state index in [1.165, 1.54) is 0 Å². The van der Waals surface area contributed by atoms with Gasteiger partial charge in [0.1, 0.15) is 9.45 Å². The van der Waals surface area contributed by atoms with Crippen LogP contribution < -0.4 is 0 Å². The fraction of sp³-hybridized carbons (Fsp3) is 0. The first kappa shape index (κ1) is 9.45. The van der Waals surface area contributed by atoms with E-state index in [0.717, 1.165) is 18.2 Å². The van der Waals surface area contributed by atoms with Crippen LogP contribution in [0.4, 0.5) is 0 Å². The number of phenolic OH excluding ortho intramolecular Hbond substituents is 1. The zero-order valence-electron chi connectivity index (χ0n) is 6.46. The number of phenols is 1. The summed E-state index contributed by atoms with van der Waals surface area (Å²) in [5.41, 5.74) is 0.838. The third kappa shape index (κ3) is 1.88. The van der Waals surface area contributed by atoms with Crippen LogP contribution in [-0.2, 0) is 0 Å². The Morgan fingerprint density at radius 1 is 1.15 bits per heavy atom. The highest BCUT2D eigenvalue weighted by Crippen LogP contribution is 2.22. The van der Waals surface area contributed by atoms with Gasteiger partial charge in [-0.05, 0) is 63.4 Å². The Hall–Kier alpha value is -0.110. The van der Waals surface area contributed by atoms with E-state index in [0.29, 0.717) is 0 Å². The van der Waals surface area contributed by atoms with Gasteiger partial charge in [-0.1, -0.05) is 0 Å². The van der Waals surface area contributed by atoms with Gasteiger partial charge in [-0.15, -0.1) is 0 Å². The monoisotopic (exact) mass is 397 g/mol. The maximum atomic E-state index is 9.25. The molecule has 0 amide bonds. The molecule has 13 heavy (non-hydrogen) atoms. The minimum atomic E-state index is 0.261. The van der Waals surface area contributed by atoms with Crippen molar-refractivity contribution in [2.24, 2.45) is 0 Å². The molecule has 1 N–H and O–H groups in total. The Balaban J connectivity index is 2.81. The molecule has 66 valence electrons. The first-order valence-electron chi connectivity index (χ1n) is 3.61. The summed E-state index contributed by atoms with van der Waals surface area (Å²) in [6.45, 7) is 0. The number of pyridine rings is 1. The highest BCUT2D eigenvalue weighted by Gasteiger charge is 2.01. The molecule has 0 bridgehead atoms. The van der Waals surface area contributed by atoms with Crippen molar-refractivity contribution in [2.45, 2.75) is 0 Å². The number of nitrogens with zero attached hydrogens (tertiary/aromatic N) is 1. The third-order valence-electron chi connectivity index (χ3n) is 1.71. The van der Waals surface area contributed by atoms with Crippen molar-refractivity contribution in [3.8, 4) is 5.75 Å². The summed E-state index contributed by atoms with van der Waals surface area (Å²) in [5.74, 6) is 0.261. The molecule has 1 aromatic heterocycles. The maximum Gasteiger partial charge on any atom is 0.117 e. The Labute approximate surface area is 103 Å². The fourth-order valence-corrected chi connectivity index (χ4v) is 1.98. The van der Waals surface area contributed by atoms with Crippen molar-refractivity contribution >= 4 is 56.1 Å². The number of fused-ring (bicyclic) bond motifs is 1. The van der Waals surface area contributed by atoms with Crippen molar-refractivity contribution in [3.63, 3.8) is 0 Å². The molecule has 0 aliphatic rings. The van der Waals surface area contributed by atoms with Gasteiger partial charge in [0.2, 0.25) is 0 Å². The molecule has 0 radical (unpaired) electrons. The summed E-state index contributed by atoms with van der Waals surface area (Å²) >= 11 is 4.43. The quantitative estimate of drug-likeness (QED) is 0.548. The number of benzene rings is 1. The number of rotatable bonds is 0. The number of hydrogen-bond acceptors (Lipinski definition) is 2. The molecule has 0 fully saturated rings. The summed E-state index contributed by atoms with van der Waals surface area (Å²) < 4.78 is 2.10. The predicted octanol–water partition coefficient (Wildman–Crippen LogP) is 3.15. The van der Waals surface area contributed by atoms with Crippen LogP contribution in [0.5, 0.6) is 5.75 Å². The molecule has 0 spiro atoms. The van der Waals surface area contributed by atoms with Crippen LogP contribution in [0.2, 0.25) is 0 Å². The Bertz CT molecular complexity index is 470. The zero-order valence-corrected chi connectivity index (χ0v) is 10.8. The van der Waals surface area contributed by atoms with Crippen molar-refractivity contribution in [3.05, 3.63) is 31.5 Å². The van der Waals surface area contributed by atoms with Gasteiger partial charge in [-0.3, -0.25) is 0 Å². The smallest absolute Gasteiger partial charge is 0.117 e. The molecule has 0 unspecified atom stereocenters. The summed E-state index contributed by atoms with van der Waals surface area (Å²) in [6, 6.07) is 7.28. The zero-order chi connectivity index (χ0) is 9.42. The van der Waals surface area contributed by atoms with Gasteiger partial charge in [0.15, 0.2) is 0 Å². The predicted molar refractivity (Wildman–Crippen MR) is 68.8 cm³/mol. The third-order valence-corrected chi connectivity index (χ3v) is 4.39. The summed E-state index contributed by atoms with van der Waals surface area (Å²) in [5, 5.41) is 10.3. The summed E-state index contributed by atoms with van der Waals surface area (Å²) in [6.07, 6.45) is 0. The van der Waals surface area contributed by atoms with Crippen molar-refractivity contribution < 1.29 is 5.11 Å². The normalized spacial score (nSPS) is 10.6. The van der Waals surface area contributed by atoms with Crippen LogP contribution >= 0.6 is 45.2 Å². The molecule has 0 aliphatic carbocycles. The average Bonchev–Trinajstić information content (AvgIpc) is 2.08. The number of aromatic hydroxyl groups is 1. The van der Waals surface area contributed by atoms with Gasteiger partial charge in [0.05, 0.1) is 5.52 Å². The molecule has 0 atom stereocenters. The van der Waals surface area contributed by atoms with Gasteiger partial charge >= 0.3 is 0 Å². The average molecular weight is 397 g/mol. The van der Waals surface area contributed by atoms with Crippen molar-refractivity contribution in [2.75, 3.05) is 0 Å². The van der Waals surface area contributed by atoms with E-state index in [1.54, 1.807) is 12.1 Å². The van der Waals surface area contributed by atoms with Gasteiger partial charge < -0.3 is 5.11 Å². The van der Waals surface area contributed by atoms with Gasteiger partial charge in [0.25, 0.3) is 0 Å². The summed E-state index contributed by atoms with van der Waals surface area (Å²) in [7, 11) is 0. The molecule has 2 nitrogen and oxygen atoms in total. The SMILES string of the molecule is Oc1ccc2cc(I)c(I)nc2c1. The van der Waals surface area contributed by atoms with Crippen LogP contribution in [0.3, 0.4) is 0 Å². The van der Waals surface area contributed by atoms with E-state index < -0.39 is 0 Å². The molecule has 0 saturated heterocycles. The standard InChI is InChI=1S/C9H5I2NO/c10-7-3-5-1-2-6(13)4-8(5)12-9(7)11/h1-4,13H. The molecule has 1 aromatic carbocycles. The number of halogens is 2. The maximum absolute atomic E-state index is 9.25. The highest BCUT2D eigenvalue weighted by atomic mass is 127. The van der Waals surface area contributed by atoms with Crippen LogP contribution in [0.15, 0.2) is 24.3 Å². The molecule has 4 heteroatoms. The van der Waals surface area contributed by atoms with Crippen LogP contribution in [0.25, 0.3) is 10.9 Å². The van der Waals surface area contributed by atoms with E-state index in [2.05, 4.69) is 56.2 Å². The second-order valence-corrected chi connectivity index (χ2v) is 4.82. The van der Waals surface area contributed by atoms with Gasteiger partial charge in [-0.2, -0.15) is 0 Å². The van der Waals surface area contributed by atoms with Crippen LogP contribution in [0, 0.1) is 7.27 Å². The van der Waals surface area contributed by atoms with E-state index in [-0.39, 0.29) is 5.75 Å². The molecule has 0 aliphatic heterocycles. The molecule has 0 saturated carbocycles. The van der Waals surface area contributed by atoms with Gasteiger partial charge in [-0.25, -0.2) is 4.98 Å². The van der Waals surface area contributed by atoms with E-state index >= 15 is 0 Å². The lowest BCUT2D eigenvalue weighted by molar-refractivity contribution is 0.476. The van der Waals surface area contributed by atoms with E-state index in [1.807, 2.05) is 6.07 Å². The molecular weight excluding hydrogens is 392 g/mol. The minimum absolute atomic E-state index is 0.261. The lowest BCUT2D eigenvalue weighted by Gasteiger charge is -2.00. The fourth-order valence-electron chi connectivity index (χ4n) is 1.11. The first-order valence-corrected chi connectivity index (χ1v) is 5.77. The summed E-state index contributed by atoms with van der Waals surface area (Å²) in [4.78, 5) is 4.36. The molecule has 2 aromatic rings. The minimum Gasteiger partial charge on any atom is -0.508 e. The van der Waals surface area contributed by atoms with E-state index in [9.17, 15) is 5.11 Å². The largest absolute Gasteiger partial charge is 0.508 e. The van der Waals surface area contributed by atoms with Crippen molar-refractivity contribution in [1.82, 2.24) is 4.98 Å². The highest BCUT2D eigenvalue weighted by molar-refractivity contribution is 14.1. The molecule has 2 rings (SSSR count). The second-order valence-electron chi connectivity index (χ2n) is 2.64. The molecular formula is C9H5I2NO. The Morgan fingerprint density at radius 2 is 1.92 bits per heavy atom. The first-order chi connectivity index (χ1) is 6.16. The van der Waals surface area contributed by atoms with E-state index in [4.69, 9.17) is 0 Å². The lowest BCUT2D eigenvalue weighted by atomic mass is 10.2. The topological polar surface area (TPSA) is 33.1 Å². The van der Waals surface area contributed by atoms with Crippen LogP contribution in [-0.4, -0.2) is 10.1 Å². The Kier molecular flexibility index (Phi) is 2.59. The second kappa shape index (κ2) is 3.56. The number of hydrogen-bond donors (Lipinski definition) is 1. The number of aromatic nitrogens is 1. The van der Waals surface area contributed by atoms with Crippen molar-refractivity contribution in [1.29, 1.82) is 0 Å².